The van der Waals surface area contributed by atoms with Gasteiger partial charge in [0.15, 0.2) is 0 Å². The maximum atomic E-state index is 12.2. The molecule has 128 valence electrons. The molecule has 1 saturated carbocycles. The van der Waals surface area contributed by atoms with Gasteiger partial charge in [-0.15, -0.1) is 0 Å². The van der Waals surface area contributed by atoms with Crippen molar-refractivity contribution >= 4 is 33.4 Å². The fourth-order valence-electron chi connectivity index (χ4n) is 3.15. The van der Waals surface area contributed by atoms with Crippen molar-refractivity contribution in [1.29, 1.82) is 0 Å². The van der Waals surface area contributed by atoms with Crippen LogP contribution in [0.1, 0.15) is 38.5 Å². The van der Waals surface area contributed by atoms with Gasteiger partial charge in [0, 0.05) is 16.7 Å². The molecule has 0 saturated heterocycles. The van der Waals surface area contributed by atoms with Crippen LogP contribution >= 0.6 is 15.9 Å². The van der Waals surface area contributed by atoms with Crippen molar-refractivity contribution in [3.8, 4) is 0 Å². The van der Waals surface area contributed by atoms with Gasteiger partial charge in [0.25, 0.3) is 0 Å². The van der Waals surface area contributed by atoms with Gasteiger partial charge in [-0.25, -0.2) is 0 Å². The van der Waals surface area contributed by atoms with E-state index < -0.39 is 0 Å². The van der Waals surface area contributed by atoms with Crippen LogP contribution in [0.15, 0.2) is 40.4 Å². The van der Waals surface area contributed by atoms with Gasteiger partial charge < -0.3 is 10.6 Å². The molecule has 1 aromatic rings. The molecule has 1 aromatic carbocycles. The maximum Gasteiger partial charge on any atom is 0.228 e. The number of allylic oxidation sites excluding steroid dienone is 1. The average molecular weight is 391 g/mol. The highest BCUT2D eigenvalue weighted by Gasteiger charge is 2.47. The summed E-state index contributed by atoms with van der Waals surface area (Å²) in [6.45, 7) is 0.683. The largest absolute Gasteiger partial charge is 0.356 e. The Morgan fingerprint density at radius 1 is 1.08 bits per heavy atom. The molecular weight excluding hydrogens is 368 g/mol. The summed E-state index contributed by atoms with van der Waals surface area (Å²) in [5, 5.41) is 5.86. The SMILES string of the molecule is O=C(NCCC1=CCCCC1)C1CC1C(=O)Nc1ccc(Br)cc1. The van der Waals surface area contributed by atoms with E-state index in [0.717, 1.165) is 23.0 Å². The number of benzene rings is 1. The van der Waals surface area contributed by atoms with E-state index >= 15 is 0 Å². The van der Waals surface area contributed by atoms with Crippen molar-refractivity contribution in [3.63, 3.8) is 0 Å². The molecule has 0 spiro atoms. The molecule has 24 heavy (non-hydrogen) atoms. The van der Waals surface area contributed by atoms with Crippen LogP contribution in [0.4, 0.5) is 5.69 Å². The molecule has 2 N–H and O–H groups in total. The van der Waals surface area contributed by atoms with Gasteiger partial charge in [-0.2, -0.15) is 0 Å². The smallest absolute Gasteiger partial charge is 0.228 e. The number of hydrogen-bond acceptors (Lipinski definition) is 2. The molecule has 0 radical (unpaired) electrons. The zero-order valence-electron chi connectivity index (χ0n) is 13.7. The summed E-state index contributed by atoms with van der Waals surface area (Å²) in [5.74, 6) is -0.404. The first-order valence-electron chi connectivity index (χ1n) is 8.65. The van der Waals surface area contributed by atoms with Crippen molar-refractivity contribution in [2.75, 3.05) is 11.9 Å². The number of anilines is 1. The molecule has 0 bridgehead atoms. The number of nitrogens with one attached hydrogen (secondary N) is 2. The highest BCUT2D eigenvalue weighted by Crippen LogP contribution is 2.39. The third-order valence-corrected chi connectivity index (χ3v) is 5.23. The van der Waals surface area contributed by atoms with E-state index in [4.69, 9.17) is 0 Å². The predicted molar refractivity (Wildman–Crippen MR) is 98.5 cm³/mol. The minimum Gasteiger partial charge on any atom is -0.356 e. The van der Waals surface area contributed by atoms with Crippen LogP contribution in [0.5, 0.6) is 0 Å². The Morgan fingerprint density at radius 3 is 2.54 bits per heavy atom. The Balaban J connectivity index is 1.39. The third kappa shape index (κ3) is 4.69. The zero-order valence-corrected chi connectivity index (χ0v) is 15.3. The number of hydrogen-bond donors (Lipinski definition) is 2. The summed E-state index contributed by atoms with van der Waals surface area (Å²) in [7, 11) is 0. The molecule has 0 aliphatic heterocycles. The summed E-state index contributed by atoms with van der Waals surface area (Å²) < 4.78 is 0.970. The van der Waals surface area contributed by atoms with E-state index in [2.05, 4.69) is 32.6 Å². The molecule has 2 aliphatic carbocycles. The predicted octanol–water partition coefficient (Wildman–Crippen LogP) is 4.03. The second-order valence-corrected chi connectivity index (χ2v) is 7.51. The number of rotatable bonds is 6. The molecule has 0 heterocycles. The lowest BCUT2D eigenvalue weighted by atomic mass is 9.97. The first kappa shape index (κ1) is 17.2. The Labute approximate surface area is 151 Å². The first-order chi connectivity index (χ1) is 11.6. The fourth-order valence-corrected chi connectivity index (χ4v) is 3.42. The van der Waals surface area contributed by atoms with E-state index in [9.17, 15) is 9.59 Å². The Bertz CT molecular complexity index is 639. The standard InChI is InChI=1S/C19H23BrN2O2/c20-14-6-8-15(9-7-14)22-19(24)17-12-16(17)18(23)21-11-10-13-4-2-1-3-5-13/h4,6-9,16-17H,1-3,5,10-12H2,(H,21,23)(H,22,24). The van der Waals surface area contributed by atoms with Gasteiger partial charge in [-0.3, -0.25) is 9.59 Å². The van der Waals surface area contributed by atoms with Crippen LogP contribution in [0.2, 0.25) is 0 Å². The van der Waals surface area contributed by atoms with Crippen LogP contribution in [-0.4, -0.2) is 18.4 Å². The van der Waals surface area contributed by atoms with Crippen molar-refractivity contribution in [3.05, 3.63) is 40.4 Å². The lowest BCUT2D eigenvalue weighted by Gasteiger charge is -2.13. The van der Waals surface area contributed by atoms with Crippen LogP contribution in [0.25, 0.3) is 0 Å². The molecule has 4 nitrogen and oxygen atoms in total. The van der Waals surface area contributed by atoms with Gasteiger partial charge in [-0.05, 0) is 62.8 Å². The highest BCUT2D eigenvalue weighted by molar-refractivity contribution is 9.10. The Morgan fingerprint density at radius 2 is 1.83 bits per heavy atom. The molecule has 2 amide bonds. The maximum absolute atomic E-state index is 12.2. The van der Waals surface area contributed by atoms with Gasteiger partial charge in [0.1, 0.15) is 0 Å². The lowest BCUT2D eigenvalue weighted by molar-refractivity contribution is -0.125. The molecule has 1 fully saturated rings. The van der Waals surface area contributed by atoms with Crippen LogP contribution in [0, 0.1) is 11.8 Å². The number of carbonyl (C=O) groups is 2. The summed E-state index contributed by atoms with van der Waals surface area (Å²) >= 11 is 3.36. The van der Waals surface area contributed by atoms with E-state index in [1.165, 1.54) is 24.8 Å². The minimum atomic E-state index is -0.192. The number of carbonyl (C=O) groups excluding carboxylic acids is 2. The minimum absolute atomic E-state index is 0.0161. The van der Waals surface area contributed by atoms with Gasteiger partial charge in [0.05, 0.1) is 11.8 Å². The van der Waals surface area contributed by atoms with Crippen molar-refractivity contribution in [2.45, 2.75) is 38.5 Å². The highest BCUT2D eigenvalue weighted by atomic mass is 79.9. The van der Waals surface area contributed by atoms with Crippen LogP contribution < -0.4 is 10.6 Å². The quantitative estimate of drug-likeness (QED) is 0.720. The summed E-state index contributed by atoms with van der Waals surface area (Å²) in [6.07, 6.45) is 8.78. The molecule has 2 unspecified atom stereocenters. The van der Waals surface area contributed by atoms with Crippen molar-refractivity contribution in [2.24, 2.45) is 11.8 Å². The monoisotopic (exact) mass is 390 g/mol. The number of amides is 2. The average Bonchev–Trinajstić information content (AvgIpc) is 3.39. The van der Waals surface area contributed by atoms with Crippen LogP contribution in [0.3, 0.4) is 0 Å². The molecule has 2 aliphatic rings. The topological polar surface area (TPSA) is 58.2 Å². The van der Waals surface area contributed by atoms with E-state index in [0.29, 0.717) is 13.0 Å². The first-order valence-corrected chi connectivity index (χ1v) is 9.45. The summed E-state index contributed by atoms with van der Waals surface area (Å²) in [4.78, 5) is 24.3. The van der Waals surface area contributed by atoms with Crippen molar-refractivity contribution in [1.82, 2.24) is 5.32 Å². The van der Waals surface area contributed by atoms with E-state index in [-0.39, 0.29) is 23.7 Å². The van der Waals surface area contributed by atoms with Crippen molar-refractivity contribution < 1.29 is 9.59 Å². The molecule has 3 rings (SSSR count). The zero-order chi connectivity index (χ0) is 16.9. The Hall–Kier alpha value is -1.62. The second-order valence-electron chi connectivity index (χ2n) is 6.59. The van der Waals surface area contributed by atoms with E-state index in [1.807, 2.05) is 24.3 Å². The lowest BCUT2D eigenvalue weighted by Crippen LogP contribution is -2.28. The van der Waals surface area contributed by atoms with Crippen LogP contribution in [-0.2, 0) is 9.59 Å². The summed E-state index contributed by atoms with van der Waals surface area (Å²) in [6, 6.07) is 7.45. The van der Waals surface area contributed by atoms with Gasteiger partial charge in [0.2, 0.25) is 11.8 Å². The molecule has 2 atom stereocenters. The summed E-state index contributed by atoms with van der Waals surface area (Å²) in [5.41, 5.74) is 2.22. The second kappa shape index (κ2) is 7.97. The Kier molecular flexibility index (Phi) is 5.72. The van der Waals surface area contributed by atoms with E-state index in [1.54, 1.807) is 0 Å². The third-order valence-electron chi connectivity index (χ3n) is 4.71. The molecular formula is C19H23BrN2O2. The fraction of sp³-hybridized carbons (Fsp3) is 0.474. The molecule has 5 heteroatoms. The number of halogens is 1. The van der Waals surface area contributed by atoms with Gasteiger partial charge in [-0.1, -0.05) is 27.6 Å². The molecule has 0 aromatic heterocycles. The normalized spacial score (nSPS) is 22.5. The van der Waals surface area contributed by atoms with Gasteiger partial charge >= 0.3 is 0 Å².